The first-order valence-corrected chi connectivity index (χ1v) is 6.90. The molecule has 0 atom stereocenters. The first-order valence-electron chi connectivity index (χ1n) is 4.69. The third kappa shape index (κ3) is 2.72. The molecular formula is C10H17NOS2. The molecule has 0 saturated heterocycles. The van der Waals surface area contributed by atoms with Gasteiger partial charge in [-0.2, -0.15) is 11.8 Å². The first kappa shape index (κ1) is 12.0. The molecular weight excluding hydrogens is 214 g/mol. The molecule has 14 heavy (non-hydrogen) atoms. The number of nitrogens with zero attached hydrogens (tertiary/aromatic N) is 1. The van der Waals surface area contributed by atoms with Gasteiger partial charge < -0.3 is 5.11 Å². The van der Waals surface area contributed by atoms with Gasteiger partial charge in [0.15, 0.2) is 0 Å². The Morgan fingerprint density at radius 3 is 2.50 bits per heavy atom. The van der Waals surface area contributed by atoms with E-state index in [4.69, 9.17) is 0 Å². The molecule has 1 aromatic rings. The second-order valence-electron chi connectivity index (χ2n) is 3.73. The Balaban J connectivity index is 3.02. The van der Waals surface area contributed by atoms with E-state index in [0.29, 0.717) is 0 Å². The fraction of sp³-hybridized carbons (Fsp3) is 0.700. The summed E-state index contributed by atoms with van der Waals surface area (Å²) < 4.78 is 0. The van der Waals surface area contributed by atoms with Crippen molar-refractivity contribution >= 4 is 23.1 Å². The van der Waals surface area contributed by atoms with Crippen molar-refractivity contribution in [3.63, 3.8) is 0 Å². The fourth-order valence-corrected chi connectivity index (χ4v) is 3.15. The van der Waals surface area contributed by atoms with Crippen LogP contribution >= 0.6 is 23.1 Å². The van der Waals surface area contributed by atoms with Crippen molar-refractivity contribution in [2.45, 2.75) is 38.5 Å². The zero-order chi connectivity index (χ0) is 10.8. The Hall–Kier alpha value is -0.0600. The lowest BCUT2D eigenvalue weighted by atomic mass is 10.1. The van der Waals surface area contributed by atoms with E-state index in [2.05, 4.69) is 18.2 Å². The number of aliphatic hydroxyl groups is 1. The minimum absolute atomic E-state index is 0.750. The molecule has 0 bridgehead atoms. The second-order valence-corrected chi connectivity index (χ2v) is 5.68. The van der Waals surface area contributed by atoms with Crippen LogP contribution in [-0.4, -0.2) is 16.3 Å². The Kier molecular flexibility index (Phi) is 3.98. The van der Waals surface area contributed by atoms with Crippen molar-refractivity contribution in [1.29, 1.82) is 0 Å². The van der Waals surface area contributed by atoms with Gasteiger partial charge in [-0.15, -0.1) is 11.3 Å². The minimum atomic E-state index is -0.750. The number of aromatic nitrogens is 1. The molecule has 0 aliphatic rings. The van der Waals surface area contributed by atoms with Crippen molar-refractivity contribution in [2.24, 2.45) is 0 Å². The lowest BCUT2D eigenvalue weighted by Gasteiger charge is -2.15. The SMILES string of the molecule is CCc1nc(CSC)sc1C(C)(C)O. The maximum Gasteiger partial charge on any atom is 0.103 e. The van der Waals surface area contributed by atoms with E-state index in [-0.39, 0.29) is 0 Å². The fourth-order valence-electron chi connectivity index (χ4n) is 1.30. The van der Waals surface area contributed by atoms with Crippen molar-refractivity contribution in [3.05, 3.63) is 15.6 Å². The zero-order valence-electron chi connectivity index (χ0n) is 9.13. The number of hydrogen-bond donors (Lipinski definition) is 1. The molecule has 1 heterocycles. The van der Waals surface area contributed by atoms with Crippen molar-refractivity contribution in [2.75, 3.05) is 6.26 Å². The zero-order valence-corrected chi connectivity index (χ0v) is 10.8. The quantitative estimate of drug-likeness (QED) is 0.865. The summed E-state index contributed by atoms with van der Waals surface area (Å²) in [7, 11) is 0. The highest BCUT2D eigenvalue weighted by Crippen LogP contribution is 2.31. The minimum Gasteiger partial charge on any atom is -0.385 e. The van der Waals surface area contributed by atoms with Crippen LogP contribution in [-0.2, 0) is 17.8 Å². The Bertz CT molecular complexity index is 302. The van der Waals surface area contributed by atoms with E-state index in [0.717, 1.165) is 27.8 Å². The molecule has 0 saturated carbocycles. The lowest BCUT2D eigenvalue weighted by Crippen LogP contribution is -2.15. The van der Waals surface area contributed by atoms with E-state index in [1.807, 2.05) is 13.8 Å². The smallest absolute Gasteiger partial charge is 0.103 e. The summed E-state index contributed by atoms with van der Waals surface area (Å²) in [4.78, 5) is 5.54. The van der Waals surface area contributed by atoms with Crippen molar-refractivity contribution in [3.8, 4) is 0 Å². The van der Waals surface area contributed by atoms with Crippen LogP contribution in [0.25, 0.3) is 0 Å². The van der Waals surface area contributed by atoms with Gasteiger partial charge in [0.25, 0.3) is 0 Å². The van der Waals surface area contributed by atoms with E-state index in [1.165, 1.54) is 0 Å². The van der Waals surface area contributed by atoms with Gasteiger partial charge in [0, 0.05) is 5.75 Å². The van der Waals surface area contributed by atoms with Crippen LogP contribution in [0.15, 0.2) is 0 Å². The Labute approximate surface area is 93.8 Å². The van der Waals surface area contributed by atoms with Gasteiger partial charge in [-0.1, -0.05) is 6.92 Å². The molecule has 0 fully saturated rings. The topological polar surface area (TPSA) is 33.1 Å². The second kappa shape index (κ2) is 4.64. The molecule has 80 valence electrons. The predicted octanol–water partition coefficient (Wildman–Crippen LogP) is 2.80. The van der Waals surface area contributed by atoms with Crippen LogP contribution in [0.2, 0.25) is 0 Å². The first-order chi connectivity index (χ1) is 6.49. The third-order valence-electron chi connectivity index (χ3n) is 1.90. The van der Waals surface area contributed by atoms with E-state index >= 15 is 0 Å². The van der Waals surface area contributed by atoms with E-state index in [9.17, 15) is 5.11 Å². The normalized spacial score (nSPS) is 12.1. The molecule has 0 unspecified atom stereocenters. The lowest BCUT2D eigenvalue weighted by molar-refractivity contribution is 0.0814. The van der Waals surface area contributed by atoms with Crippen LogP contribution in [0.3, 0.4) is 0 Å². The molecule has 0 aliphatic heterocycles. The molecule has 0 amide bonds. The number of thioether (sulfide) groups is 1. The molecule has 0 radical (unpaired) electrons. The molecule has 4 heteroatoms. The van der Waals surface area contributed by atoms with Crippen LogP contribution in [0.4, 0.5) is 0 Å². The maximum atomic E-state index is 9.95. The number of rotatable bonds is 4. The highest BCUT2D eigenvalue weighted by Gasteiger charge is 2.23. The highest BCUT2D eigenvalue weighted by atomic mass is 32.2. The number of aryl methyl sites for hydroxylation is 1. The Morgan fingerprint density at radius 1 is 1.50 bits per heavy atom. The summed E-state index contributed by atoms with van der Waals surface area (Å²) in [5.74, 6) is 0.938. The maximum absolute atomic E-state index is 9.95. The molecule has 1 rings (SSSR count). The summed E-state index contributed by atoms with van der Waals surface area (Å²) in [5, 5.41) is 11.1. The molecule has 1 aromatic heterocycles. The standard InChI is InChI=1S/C10H17NOS2/c1-5-7-9(10(2,3)12)14-8(11-7)6-13-4/h12H,5-6H2,1-4H3. The average Bonchev–Trinajstić information content (AvgIpc) is 2.47. The third-order valence-corrected chi connectivity index (χ3v) is 4.06. The van der Waals surface area contributed by atoms with Crippen LogP contribution in [0.1, 0.15) is 36.3 Å². The predicted molar refractivity (Wildman–Crippen MR) is 64.0 cm³/mol. The summed E-state index contributed by atoms with van der Waals surface area (Å²) in [6.07, 6.45) is 2.96. The van der Waals surface area contributed by atoms with Gasteiger partial charge in [-0.3, -0.25) is 0 Å². The van der Waals surface area contributed by atoms with Crippen molar-refractivity contribution < 1.29 is 5.11 Å². The van der Waals surface area contributed by atoms with Gasteiger partial charge in [0.05, 0.1) is 16.2 Å². The molecule has 2 nitrogen and oxygen atoms in total. The highest BCUT2D eigenvalue weighted by molar-refractivity contribution is 7.97. The summed E-state index contributed by atoms with van der Waals surface area (Å²) in [6, 6.07) is 0. The van der Waals surface area contributed by atoms with Gasteiger partial charge in [0.2, 0.25) is 0 Å². The van der Waals surface area contributed by atoms with Gasteiger partial charge >= 0.3 is 0 Å². The Morgan fingerprint density at radius 2 is 2.14 bits per heavy atom. The van der Waals surface area contributed by atoms with E-state index in [1.54, 1.807) is 23.1 Å². The van der Waals surface area contributed by atoms with Gasteiger partial charge in [-0.25, -0.2) is 4.98 Å². The van der Waals surface area contributed by atoms with Gasteiger partial charge in [-0.05, 0) is 26.5 Å². The summed E-state index contributed by atoms with van der Waals surface area (Å²) in [5.41, 5.74) is 0.297. The molecule has 0 aliphatic carbocycles. The monoisotopic (exact) mass is 231 g/mol. The molecule has 0 spiro atoms. The van der Waals surface area contributed by atoms with Crippen molar-refractivity contribution in [1.82, 2.24) is 4.98 Å². The van der Waals surface area contributed by atoms with Gasteiger partial charge in [0.1, 0.15) is 5.01 Å². The summed E-state index contributed by atoms with van der Waals surface area (Å²) in [6.45, 7) is 5.72. The van der Waals surface area contributed by atoms with Crippen LogP contribution < -0.4 is 0 Å². The number of thiazole rings is 1. The number of hydrogen-bond acceptors (Lipinski definition) is 4. The largest absolute Gasteiger partial charge is 0.385 e. The average molecular weight is 231 g/mol. The molecule has 0 aromatic carbocycles. The summed E-state index contributed by atoms with van der Waals surface area (Å²) >= 11 is 3.40. The van der Waals surface area contributed by atoms with Crippen LogP contribution in [0, 0.1) is 0 Å². The van der Waals surface area contributed by atoms with E-state index < -0.39 is 5.60 Å². The molecule has 1 N–H and O–H groups in total. The van der Waals surface area contributed by atoms with Crippen LogP contribution in [0.5, 0.6) is 0 Å².